The SMILES string of the molecule is c1ccc(-c2ccc(-c3ccc(N(c4ccccc4)c4ccc5c(c4)C4(c6ccccc6-c6ccccc64)c4ccccc4-5)cc3)cc2)cc1.c1ccc(-c2ccc(N(c3ccc4c(c3)C3(c5ccccc5-c5ccccc53)c3ccccc3-4)c3ccccc3-c3ccccc3)cc2)cc1.c1ccc(-c2ccc(N(c3cccc(-c4ccccc4)c3)c3ccc4c(c3)C3(c5ccccc5-c5ccccc53)c3ccccc3-4)cc2)cc1. The topological polar surface area (TPSA) is 9.72 Å². The zero-order valence-electron chi connectivity index (χ0n) is 82.5. The molecular weight excluding hydrogens is 1810 g/mol. The van der Waals surface area contributed by atoms with E-state index in [4.69, 9.17) is 0 Å². The van der Waals surface area contributed by atoms with Gasteiger partial charge in [0.15, 0.2) is 0 Å². The number of benzene rings is 24. The lowest BCUT2D eigenvalue weighted by atomic mass is 9.70. The summed E-state index contributed by atoms with van der Waals surface area (Å²) in [7, 11) is 0. The molecule has 150 heavy (non-hydrogen) atoms. The Morgan fingerprint density at radius 3 is 0.560 bits per heavy atom. The molecule has 0 unspecified atom stereocenters. The van der Waals surface area contributed by atoms with Gasteiger partial charge in [-0.3, -0.25) is 0 Å². The van der Waals surface area contributed by atoms with Crippen molar-refractivity contribution in [1.29, 1.82) is 0 Å². The average Bonchev–Trinajstić information content (AvgIpc) is 1.52. The van der Waals surface area contributed by atoms with E-state index in [-0.39, 0.29) is 5.41 Å². The van der Waals surface area contributed by atoms with E-state index in [2.05, 4.69) is 615 Å². The van der Waals surface area contributed by atoms with E-state index in [1.54, 1.807) is 0 Å². The van der Waals surface area contributed by atoms with Crippen molar-refractivity contribution in [2.45, 2.75) is 16.2 Å². The normalized spacial score (nSPS) is 13.0. The van der Waals surface area contributed by atoms with Gasteiger partial charge in [-0.15, -0.1) is 0 Å². The number of rotatable bonds is 15. The molecule has 0 radical (unpaired) electrons. The van der Waals surface area contributed by atoms with Crippen LogP contribution in [-0.2, 0) is 16.2 Å². The van der Waals surface area contributed by atoms with Crippen molar-refractivity contribution < 1.29 is 0 Å². The van der Waals surface area contributed by atoms with Gasteiger partial charge in [0.2, 0.25) is 0 Å². The van der Waals surface area contributed by atoms with Crippen LogP contribution in [0.4, 0.5) is 51.2 Å². The van der Waals surface area contributed by atoms with Crippen molar-refractivity contribution in [2.75, 3.05) is 14.7 Å². The summed E-state index contributed by atoms with van der Waals surface area (Å²) in [6.07, 6.45) is 0. The van der Waals surface area contributed by atoms with Crippen molar-refractivity contribution in [3.8, 4) is 134 Å². The number of hydrogen-bond acceptors (Lipinski definition) is 3. The van der Waals surface area contributed by atoms with Crippen molar-refractivity contribution >= 4 is 51.2 Å². The smallest absolute Gasteiger partial charge is 0.0726 e. The number of hydrogen-bond donors (Lipinski definition) is 0. The summed E-state index contributed by atoms with van der Waals surface area (Å²) in [4.78, 5) is 7.26. The monoisotopic (exact) mass is 1910 g/mol. The maximum absolute atomic E-state index is 2.47. The Labute approximate surface area is 876 Å². The molecule has 24 aromatic rings. The average molecular weight is 1910 g/mol. The molecule has 6 aliphatic rings. The Kier molecular flexibility index (Phi) is 21.7. The van der Waals surface area contributed by atoms with Crippen molar-refractivity contribution in [3.05, 3.63) is 667 Å². The highest BCUT2D eigenvalue weighted by atomic mass is 15.2. The number of fused-ring (bicyclic) bond motifs is 30. The Hall–Kier alpha value is -19.3. The summed E-state index contributed by atoms with van der Waals surface area (Å²) in [5.74, 6) is 0. The molecule has 30 rings (SSSR count). The van der Waals surface area contributed by atoms with Crippen LogP contribution in [0.2, 0.25) is 0 Å². The Balaban J connectivity index is 0.000000108. The van der Waals surface area contributed by atoms with Crippen LogP contribution in [0.3, 0.4) is 0 Å². The first-order chi connectivity index (χ1) is 74.4. The van der Waals surface area contributed by atoms with E-state index in [1.165, 1.54) is 200 Å². The largest absolute Gasteiger partial charge is 0.310 e. The third-order valence-electron chi connectivity index (χ3n) is 32.1. The van der Waals surface area contributed by atoms with Gasteiger partial charge in [0, 0.05) is 51.1 Å². The Morgan fingerprint density at radius 2 is 0.267 bits per heavy atom. The summed E-state index contributed by atoms with van der Waals surface area (Å²) < 4.78 is 0. The highest BCUT2D eigenvalue weighted by Crippen LogP contribution is 2.68. The van der Waals surface area contributed by atoms with E-state index in [0.29, 0.717) is 0 Å². The van der Waals surface area contributed by atoms with E-state index in [1.807, 2.05) is 0 Å². The lowest BCUT2D eigenvalue weighted by Crippen LogP contribution is -2.26. The predicted molar refractivity (Wildman–Crippen MR) is 625 cm³/mol. The van der Waals surface area contributed by atoms with Gasteiger partial charge in [-0.2, -0.15) is 0 Å². The second-order valence-electron chi connectivity index (χ2n) is 39.8. The number of anilines is 9. The summed E-state index contributed by atoms with van der Waals surface area (Å²) in [6, 6.07) is 220. The first-order valence-electron chi connectivity index (χ1n) is 52.1. The first-order valence-corrected chi connectivity index (χ1v) is 52.1. The summed E-state index contributed by atoms with van der Waals surface area (Å²) in [5, 5.41) is 0. The van der Waals surface area contributed by atoms with Crippen LogP contribution in [0.5, 0.6) is 0 Å². The molecule has 0 aliphatic heterocycles. The number of para-hydroxylation sites is 2. The standard InChI is InChI=1S/3C49H33N/c1-3-15-34(16-4-1)35-27-29-37(30-28-35)50(48-26-14-10-19-39(48)36-17-5-2-6-18-36)38-31-32-43-42-22-9-13-25-46(42)49(47(43)33-38)44-23-11-7-20-40(44)41-21-8-12-24-45(41)49;1-3-14-34(15-4-1)36-26-28-38(29-27-36)50(39-19-13-18-37(32-39)35-16-5-2-6-17-35)40-30-31-44-43-22-9-12-25-47(43)49(48(44)33-40)45-23-10-7-20-41(45)42-21-8-11-24-46(42)49;1-3-13-34(14-4-1)35-23-25-36(26-24-35)37-27-29-39(30-28-37)50(38-15-5-2-6-16-38)40-31-32-44-43-19-9-12-22-47(43)49(48(44)33-40)45-20-10-7-17-41(45)42-18-8-11-21-46(42)49/h3*1-33H. The molecule has 0 fully saturated rings. The molecule has 0 N–H and O–H groups in total. The fourth-order valence-electron chi connectivity index (χ4n) is 25.7. The minimum absolute atomic E-state index is 0.382. The maximum Gasteiger partial charge on any atom is 0.0726 e. The van der Waals surface area contributed by atoms with Gasteiger partial charge < -0.3 is 14.7 Å². The van der Waals surface area contributed by atoms with Crippen LogP contribution in [0.1, 0.15) is 66.8 Å². The first kappa shape index (κ1) is 88.4. The molecule has 3 heteroatoms. The molecule has 0 bridgehead atoms. The molecule has 0 amide bonds. The molecule has 0 aromatic heterocycles. The Morgan fingerprint density at radius 1 is 0.0933 bits per heavy atom. The van der Waals surface area contributed by atoms with E-state index in [0.717, 1.165) is 51.2 Å². The minimum Gasteiger partial charge on any atom is -0.310 e. The highest BCUT2D eigenvalue weighted by molar-refractivity contribution is 6.02. The third kappa shape index (κ3) is 14.3. The fraction of sp³-hybridized carbons (Fsp3) is 0.0204. The van der Waals surface area contributed by atoms with Crippen LogP contribution in [-0.4, -0.2) is 0 Å². The van der Waals surface area contributed by atoms with Crippen LogP contribution >= 0.6 is 0 Å². The van der Waals surface area contributed by atoms with Crippen LogP contribution in [0.25, 0.3) is 134 Å². The molecule has 0 heterocycles. The molecule has 0 saturated carbocycles. The van der Waals surface area contributed by atoms with Crippen LogP contribution in [0, 0.1) is 0 Å². The molecule has 0 saturated heterocycles. The van der Waals surface area contributed by atoms with Crippen molar-refractivity contribution in [1.82, 2.24) is 0 Å². The summed E-state index contributed by atoms with van der Waals surface area (Å²) in [6.45, 7) is 0. The highest BCUT2D eigenvalue weighted by Gasteiger charge is 2.55. The zero-order chi connectivity index (χ0) is 99.2. The van der Waals surface area contributed by atoms with Crippen molar-refractivity contribution in [3.63, 3.8) is 0 Å². The quantitative estimate of drug-likeness (QED) is 0.101. The van der Waals surface area contributed by atoms with Gasteiger partial charge in [0.05, 0.1) is 21.9 Å². The fourth-order valence-corrected chi connectivity index (χ4v) is 25.7. The van der Waals surface area contributed by atoms with Crippen LogP contribution < -0.4 is 14.7 Å². The van der Waals surface area contributed by atoms with Gasteiger partial charge in [0.25, 0.3) is 0 Å². The third-order valence-corrected chi connectivity index (χ3v) is 32.1. The molecule has 3 nitrogen and oxygen atoms in total. The molecule has 24 aromatic carbocycles. The minimum atomic E-state index is -0.406. The van der Waals surface area contributed by atoms with Gasteiger partial charge in [-0.05, 0) is 298 Å². The van der Waals surface area contributed by atoms with E-state index >= 15 is 0 Å². The van der Waals surface area contributed by atoms with Gasteiger partial charge in [0.1, 0.15) is 0 Å². The maximum atomic E-state index is 2.47. The molecule has 702 valence electrons. The van der Waals surface area contributed by atoms with E-state index < -0.39 is 10.8 Å². The lowest BCUT2D eigenvalue weighted by Gasteiger charge is -2.32. The molecule has 0 atom stereocenters. The molecule has 3 spiro atoms. The molecular formula is C147H99N3. The second kappa shape index (κ2) is 36.8. The van der Waals surface area contributed by atoms with Crippen LogP contribution in [0.15, 0.2) is 601 Å². The number of nitrogens with zero attached hydrogens (tertiary/aromatic N) is 3. The lowest BCUT2D eigenvalue weighted by molar-refractivity contribution is 0.793. The second-order valence-corrected chi connectivity index (χ2v) is 39.8. The van der Waals surface area contributed by atoms with E-state index in [9.17, 15) is 0 Å². The molecule has 6 aliphatic carbocycles. The Bertz CT molecular complexity index is 9090. The predicted octanol–water partition coefficient (Wildman–Crippen LogP) is 38.5. The summed E-state index contributed by atoms with van der Waals surface area (Å²) in [5.41, 5.74) is 55.4. The van der Waals surface area contributed by atoms with Crippen molar-refractivity contribution in [2.24, 2.45) is 0 Å². The van der Waals surface area contributed by atoms with Gasteiger partial charge in [-0.1, -0.05) is 497 Å². The van der Waals surface area contributed by atoms with Gasteiger partial charge >= 0.3 is 0 Å². The summed E-state index contributed by atoms with van der Waals surface area (Å²) >= 11 is 0. The zero-order valence-corrected chi connectivity index (χ0v) is 82.5. The van der Waals surface area contributed by atoms with Gasteiger partial charge in [-0.25, -0.2) is 0 Å².